The Morgan fingerprint density at radius 3 is 2.85 bits per heavy atom. The van der Waals surface area contributed by atoms with Crippen LogP contribution in [0.5, 0.6) is 0 Å². The fourth-order valence-electron chi connectivity index (χ4n) is 2.33. The highest BCUT2D eigenvalue weighted by molar-refractivity contribution is 5.69. The second kappa shape index (κ2) is 6.44. The number of nitrogens with zero attached hydrogens (tertiary/aromatic N) is 4. The molecule has 20 heavy (non-hydrogen) atoms. The van der Waals surface area contributed by atoms with Crippen LogP contribution in [0.25, 0.3) is 0 Å². The van der Waals surface area contributed by atoms with Gasteiger partial charge in [-0.25, -0.2) is 15.8 Å². The molecule has 110 valence electrons. The summed E-state index contributed by atoms with van der Waals surface area (Å²) in [6, 6.07) is 0. The van der Waals surface area contributed by atoms with Gasteiger partial charge in [-0.1, -0.05) is 0 Å². The maximum Gasteiger partial charge on any atom is 0.354 e. The Morgan fingerprint density at radius 1 is 1.55 bits per heavy atom. The van der Waals surface area contributed by atoms with Gasteiger partial charge in [0.25, 0.3) is 0 Å². The van der Waals surface area contributed by atoms with Gasteiger partial charge in [0.1, 0.15) is 6.33 Å². The van der Waals surface area contributed by atoms with E-state index in [0.717, 1.165) is 26.1 Å². The van der Waals surface area contributed by atoms with Crippen LogP contribution in [0.3, 0.4) is 0 Å². The number of ether oxygens (including phenoxy) is 1. The number of anilines is 2. The molecule has 9 nitrogen and oxygen atoms in total. The van der Waals surface area contributed by atoms with Gasteiger partial charge in [-0.05, 0) is 18.8 Å². The number of nitrogen functional groups attached to an aromatic ring is 1. The van der Waals surface area contributed by atoms with Gasteiger partial charge in [0.05, 0.1) is 4.92 Å². The number of hydrazine groups is 1. The molecule has 3 N–H and O–H groups in total. The molecule has 1 aromatic heterocycles. The lowest BCUT2D eigenvalue weighted by molar-refractivity contribution is -0.383. The monoisotopic (exact) mass is 282 g/mol. The van der Waals surface area contributed by atoms with Crippen LogP contribution in [-0.4, -0.2) is 41.7 Å². The average molecular weight is 282 g/mol. The van der Waals surface area contributed by atoms with E-state index < -0.39 is 4.92 Å². The molecule has 0 aliphatic carbocycles. The lowest BCUT2D eigenvalue weighted by Crippen LogP contribution is -2.30. The molecule has 0 saturated carbocycles. The third kappa shape index (κ3) is 3.11. The lowest BCUT2D eigenvalue weighted by Gasteiger charge is -2.27. The maximum absolute atomic E-state index is 11.2. The van der Waals surface area contributed by atoms with E-state index in [1.807, 2.05) is 0 Å². The average Bonchev–Trinajstić information content (AvgIpc) is 2.47. The number of nitro groups is 1. The Labute approximate surface area is 116 Å². The summed E-state index contributed by atoms with van der Waals surface area (Å²) in [5.74, 6) is 5.98. The van der Waals surface area contributed by atoms with Crippen molar-refractivity contribution in [1.82, 2.24) is 9.97 Å². The van der Waals surface area contributed by atoms with E-state index in [4.69, 9.17) is 10.6 Å². The van der Waals surface area contributed by atoms with Gasteiger partial charge in [-0.3, -0.25) is 10.1 Å². The Balaban J connectivity index is 2.19. The van der Waals surface area contributed by atoms with Gasteiger partial charge >= 0.3 is 5.69 Å². The molecule has 1 aromatic rings. The first-order valence-electron chi connectivity index (χ1n) is 6.38. The zero-order chi connectivity index (χ0) is 14.5. The number of hydrogen-bond donors (Lipinski definition) is 2. The molecule has 1 aliphatic rings. The molecule has 2 heterocycles. The van der Waals surface area contributed by atoms with Crippen LogP contribution in [0.15, 0.2) is 6.33 Å². The van der Waals surface area contributed by atoms with E-state index in [1.54, 1.807) is 11.9 Å². The van der Waals surface area contributed by atoms with Crippen molar-refractivity contribution in [3.63, 3.8) is 0 Å². The summed E-state index contributed by atoms with van der Waals surface area (Å²) in [6.07, 6.45) is 3.16. The van der Waals surface area contributed by atoms with Crippen molar-refractivity contribution in [3.05, 3.63) is 16.4 Å². The Kier molecular flexibility index (Phi) is 4.64. The highest BCUT2D eigenvalue weighted by Gasteiger charge is 2.26. The summed E-state index contributed by atoms with van der Waals surface area (Å²) in [7, 11) is 1.78. The molecule has 9 heteroatoms. The van der Waals surface area contributed by atoms with E-state index in [9.17, 15) is 10.1 Å². The van der Waals surface area contributed by atoms with Gasteiger partial charge in [0.2, 0.25) is 11.6 Å². The predicted molar refractivity (Wildman–Crippen MR) is 73.3 cm³/mol. The summed E-state index contributed by atoms with van der Waals surface area (Å²) in [6.45, 7) is 2.16. The highest BCUT2D eigenvalue weighted by atomic mass is 16.6. The molecule has 0 bridgehead atoms. The molecule has 0 aromatic carbocycles. The zero-order valence-corrected chi connectivity index (χ0v) is 11.3. The minimum atomic E-state index is -0.523. The molecule has 0 amide bonds. The minimum Gasteiger partial charge on any atom is -0.381 e. The summed E-state index contributed by atoms with van der Waals surface area (Å²) in [4.78, 5) is 20.2. The van der Waals surface area contributed by atoms with Crippen molar-refractivity contribution >= 4 is 17.3 Å². The van der Waals surface area contributed by atoms with Crippen molar-refractivity contribution < 1.29 is 9.66 Å². The smallest absolute Gasteiger partial charge is 0.354 e. The standard InChI is InChI=1S/C11H18N6O3/c1-16(6-8-2-4-20-5-3-8)11-9(17(18)19)10(15-12)13-7-14-11/h7-8H,2-6,12H2,1H3,(H,13,14,15). The van der Waals surface area contributed by atoms with E-state index in [-0.39, 0.29) is 17.3 Å². The number of rotatable bonds is 5. The molecule has 0 atom stereocenters. The molecule has 0 radical (unpaired) electrons. The normalized spacial score (nSPS) is 15.9. The van der Waals surface area contributed by atoms with Crippen LogP contribution < -0.4 is 16.2 Å². The molecular formula is C11H18N6O3. The fourth-order valence-corrected chi connectivity index (χ4v) is 2.33. The van der Waals surface area contributed by atoms with Gasteiger partial charge in [-0.15, -0.1) is 0 Å². The first-order valence-corrected chi connectivity index (χ1v) is 6.38. The van der Waals surface area contributed by atoms with Crippen LogP contribution in [0.2, 0.25) is 0 Å². The summed E-state index contributed by atoms with van der Waals surface area (Å²) < 4.78 is 5.31. The zero-order valence-electron chi connectivity index (χ0n) is 11.3. The van der Waals surface area contributed by atoms with Gasteiger partial charge in [-0.2, -0.15) is 0 Å². The van der Waals surface area contributed by atoms with Gasteiger partial charge in [0, 0.05) is 26.8 Å². The molecule has 1 fully saturated rings. The molecule has 0 spiro atoms. The molecule has 1 saturated heterocycles. The van der Waals surface area contributed by atoms with Crippen LogP contribution in [0.4, 0.5) is 17.3 Å². The SMILES string of the molecule is CN(CC1CCOCC1)c1ncnc(NN)c1[N+](=O)[O-]. The van der Waals surface area contributed by atoms with Crippen molar-refractivity contribution in [2.45, 2.75) is 12.8 Å². The quantitative estimate of drug-likeness (QED) is 0.456. The lowest BCUT2D eigenvalue weighted by atomic mass is 10.00. The minimum absolute atomic E-state index is 0.0128. The first kappa shape index (κ1) is 14.4. The number of hydrogen-bond acceptors (Lipinski definition) is 8. The second-order valence-electron chi connectivity index (χ2n) is 4.73. The molecule has 1 aliphatic heterocycles. The van der Waals surface area contributed by atoms with Crippen LogP contribution in [0, 0.1) is 16.0 Å². The summed E-state index contributed by atoms with van der Waals surface area (Å²) in [5.41, 5.74) is 2.03. The Hall–Kier alpha value is -2.00. The predicted octanol–water partition coefficient (Wildman–Crippen LogP) is 0.533. The van der Waals surface area contributed by atoms with Crippen molar-refractivity contribution in [1.29, 1.82) is 0 Å². The summed E-state index contributed by atoms with van der Waals surface area (Å²) >= 11 is 0. The van der Waals surface area contributed by atoms with Crippen LogP contribution in [-0.2, 0) is 4.74 Å². The molecule has 0 unspecified atom stereocenters. The van der Waals surface area contributed by atoms with E-state index in [0.29, 0.717) is 12.5 Å². The Bertz CT molecular complexity index is 477. The van der Waals surface area contributed by atoms with Crippen molar-refractivity contribution in [2.24, 2.45) is 11.8 Å². The Morgan fingerprint density at radius 2 is 2.25 bits per heavy atom. The van der Waals surface area contributed by atoms with Crippen LogP contribution >= 0.6 is 0 Å². The van der Waals surface area contributed by atoms with E-state index >= 15 is 0 Å². The number of aromatic nitrogens is 2. The first-order chi connectivity index (χ1) is 9.63. The number of nitrogens with two attached hydrogens (primary N) is 1. The van der Waals surface area contributed by atoms with Crippen molar-refractivity contribution in [2.75, 3.05) is 37.1 Å². The number of nitrogens with one attached hydrogen (secondary N) is 1. The van der Waals surface area contributed by atoms with E-state index in [2.05, 4.69) is 15.4 Å². The maximum atomic E-state index is 11.2. The second-order valence-corrected chi connectivity index (χ2v) is 4.73. The third-order valence-electron chi connectivity index (χ3n) is 3.36. The highest BCUT2D eigenvalue weighted by Crippen LogP contribution is 2.31. The van der Waals surface area contributed by atoms with Gasteiger partial charge in [0.15, 0.2) is 0 Å². The van der Waals surface area contributed by atoms with Crippen LogP contribution in [0.1, 0.15) is 12.8 Å². The molecule has 2 rings (SSSR count). The largest absolute Gasteiger partial charge is 0.381 e. The fraction of sp³-hybridized carbons (Fsp3) is 0.636. The van der Waals surface area contributed by atoms with Gasteiger partial charge < -0.3 is 15.1 Å². The topological polar surface area (TPSA) is 119 Å². The molecular weight excluding hydrogens is 264 g/mol. The van der Waals surface area contributed by atoms with E-state index in [1.165, 1.54) is 6.33 Å². The third-order valence-corrected chi connectivity index (χ3v) is 3.36. The van der Waals surface area contributed by atoms with Crippen molar-refractivity contribution in [3.8, 4) is 0 Å². The summed E-state index contributed by atoms with van der Waals surface area (Å²) in [5, 5.41) is 11.2.